The van der Waals surface area contributed by atoms with Crippen LogP contribution in [0.4, 0.5) is 17.1 Å². The van der Waals surface area contributed by atoms with Gasteiger partial charge in [-0.25, -0.2) is 0 Å². The molecule has 0 unspecified atom stereocenters. The number of fused-ring (bicyclic) bond motifs is 7. The molecule has 286 valence electrons. The molecule has 12 rings (SSSR count). The van der Waals surface area contributed by atoms with Crippen molar-refractivity contribution >= 4 is 71.6 Å². The Hall–Kier alpha value is -8.14. The fraction of sp³-hybridized carbons (Fsp3) is 0. The quantitative estimate of drug-likeness (QED) is 0.161. The van der Waals surface area contributed by atoms with Crippen LogP contribution in [0.25, 0.3) is 93.6 Å². The van der Waals surface area contributed by atoms with Crippen LogP contribution in [0.3, 0.4) is 0 Å². The topological polar surface area (TPSA) is 21.3 Å². The van der Waals surface area contributed by atoms with E-state index in [1.807, 2.05) is 12.1 Å². The van der Waals surface area contributed by atoms with Gasteiger partial charge in [-0.15, -0.1) is 0 Å². The summed E-state index contributed by atoms with van der Waals surface area (Å²) in [5.41, 5.74) is 15.5. The van der Waals surface area contributed by atoms with Gasteiger partial charge in [0.1, 0.15) is 11.2 Å². The Balaban J connectivity index is 1.13. The van der Waals surface area contributed by atoms with Gasteiger partial charge in [-0.3, -0.25) is 0 Å². The van der Waals surface area contributed by atoms with E-state index in [2.05, 4.69) is 228 Å². The van der Waals surface area contributed by atoms with Crippen LogP contribution < -0.4 is 4.90 Å². The third-order valence-electron chi connectivity index (χ3n) is 12.2. The van der Waals surface area contributed by atoms with E-state index < -0.39 is 0 Å². The predicted molar refractivity (Wildman–Crippen MR) is 257 cm³/mol. The van der Waals surface area contributed by atoms with E-state index in [1.54, 1.807) is 0 Å². The van der Waals surface area contributed by atoms with Crippen molar-refractivity contribution in [1.29, 1.82) is 0 Å². The number of furan rings is 1. The average molecular weight is 779 g/mol. The van der Waals surface area contributed by atoms with Crippen molar-refractivity contribution in [2.45, 2.75) is 0 Å². The van der Waals surface area contributed by atoms with Crippen LogP contribution in [0.15, 0.2) is 235 Å². The van der Waals surface area contributed by atoms with Crippen molar-refractivity contribution < 1.29 is 4.42 Å². The average Bonchev–Trinajstić information content (AvgIpc) is 3.88. The van der Waals surface area contributed by atoms with Gasteiger partial charge < -0.3 is 13.9 Å². The highest BCUT2D eigenvalue weighted by atomic mass is 16.3. The third kappa shape index (κ3) is 5.82. The molecule has 12 aromatic rings. The molecule has 10 aromatic carbocycles. The first-order chi connectivity index (χ1) is 30.3. The third-order valence-corrected chi connectivity index (χ3v) is 12.2. The number of nitrogens with zero attached hydrogens (tertiary/aromatic N) is 2. The second kappa shape index (κ2) is 14.3. The number of benzene rings is 10. The van der Waals surface area contributed by atoms with Crippen LogP contribution in [-0.2, 0) is 0 Å². The molecule has 3 nitrogen and oxygen atoms in total. The zero-order valence-corrected chi connectivity index (χ0v) is 33.2. The molecule has 0 aliphatic carbocycles. The minimum atomic E-state index is 0.871. The standard InChI is InChI=1S/C58H38N2O/c1-4-17-39(18-5-1)41-35-42(40-19-6-2-7-20-40)37-45(36-41)59(44-31-34-57-52(38-44)49-25-13-15-30-56(49)61-57)54-33-32-47(46-23-10-11-24-48(46)54)50-27-16-29-55-58(50)51-26-12-14-28-53(51)60(55)43-21-8-3-9-22-43/h1-38H. The molecule has 3 heteroatoms. The maximum atomic E-state index is 6.36. The summed E-state index contributed by atoms with van der Waals surface area (Å²) in [4.78, 5) is 2.44. The summed E-state index contributed by atoms with van der Waals surface area (Å²) in [5.74, 6) is 0. The minimum Gasteiger partial charge on any atom is -0.456 e. The molecule has 0 saturated heterocycles. The monoisotopic (exact) mass is 778 g/mol. The molecule has 0 fully saturated rings. The highest BCUT2D eigenvalue weighted by Crippen LogP contribution is 2.47. The first kappa shape index (κ1) is 34.9. The SMILES string of the molecule is c1ccc(-c2cc(-c3ccccc3)cc(N(c3ccc4oc5ccccc5c4c3)c3ccc(-c4cccc5c4c4ccccc4n5-c4ccccc4)c4ccccc34)c2)cc1. The summed E-state index contributed by atoms with van der Waals surface area (Å²) < 4.78 is 8.76. The first-order valence-electron chi connectivity index (χ1n) is 20.8. The molecular formula is C58H38N2O. The van der Waals surface area contributed by atoms with E-state index in [4.69, 9.17) is 4.42 Å². The van der Waals surface area contributed by atoms with Gasteiger partial charge in [0.05, 0.1) is 16.7 Å². The van der Waals surface area contributed by atoms with Gasteiger partial charge in [0.2, 0.25) is 0 Å². The molecule has 0 atom stereocenters. The van der Waals surface area contributed by atoms with Gasteiger partial charge in [0.25, 0.3) is 0 Å². The zero-order chi connectivity index (χ0) is 40.3. The van der Waals surface area contributed by atoms with Gasteiger partial charge in [-0.2, -0.15) is 0 Å². The summed E-state index contributed by atoms with van der Waals surface area (Å²) in [6.07, 6.45) is 0. The maximum absolute atomic E-state index is 6.36. The van der Waals surface area contributed by atoms with E-state index >= 15 is 0 Å². The molecule has 0 N–H and O–H groups in total. The smallest absolute Gasteiger partial charge is 0.135 e. The summed E-state index contributed by atoms with van der Waals surface area (Å²) in [7, 11) is 0. The first-order valence-corrected chi connectivity index (χ1v) is 20.8. The summed E-state index contributed by atoms with van der Waals surface area (Å²) in [6, 6.07) is 83.1. The lowest BCUT2D eigenvalue weighted by atomic mass is 9.93. The van der Waals surface area contributed by atoms with E-state index in [9.17, 15) is 0 Å². The lowest BCUT2D eigenvalue weighted by Gasteiger charge is -2.29. The van der Waals surface area contributed by atoms with Crippen LogP contribution in [0, 0.1) is 0 Å². The van der Waals surface area contributed by atoms with Crippen LogP contribution in [0.2, 0.25) is 0 Å². The van der Waals surface area contributed by atoms with E-state index in [0.29, 0.717) is 0 Å². The van der Waals surface area contributed by atoms with Crippen molar-refractivity contribution in [2.24, 2.45) is 0 Å². The molecule has 61 heavy (non-hydrogen) atoms. The summed E-state index contributed by atoms with van der Waals surface area (Å²) in [6.45, 7) is 0. The largest absolute Gasteiger partial charge is 0.456 e. The van der Waals surface area contributed by atoms with Crippen molar-refractivity contribution in [3.05, 3.63) is 231 Å². The van der Waals surface area contributed by atoms with E-state index in [0.717, 1.165) is 61.2 Å². The fourth-order valence-electron chi connectivity index (χ4n) is 9.43. The number of hydrogen-bond donors (Lipinski definition) is 0. The summed E-state index contributed by atoms with van der Waals surface area (Å²) in [5, 5.41) is 7.02. The molecule has 0 bridgehead atoms. The Morgan fingerprint density at radius 2 is 0.918 bits per heavy atom. The fourth-order valence-corrected chi connectivity index (χ4v) is 9.43. The molecule has 0 saturated carbocycles. The Morgan fingerprint density at radius 1 is 0.328 bits per heavy atom. The van der Waals surface area contributed by atoms with Gasteiger partial charge in [-0.05, 0) is 112 Å². The highest BCUT2D eigenvalue weighted by molar-refractivity contribution is 6.19. The van der Waals surface area contributed by atoms with Gasteiger partial charge in [-0.1, -0.05) is 158 Å². The number of para-hydroxylation sites is 3. The van der Waals surface area contributed by atoms with E-state index in [1.165, 1.54) is 49.4 Å². The number of anilines is 3. The molecule has 0 spiro atoms. The second-order valence-electron chi connectivity index (χ2n) is 15.7. The van der Waals surface area contributed by atoms with Crippen LogP contribution in [0.5, 0.6) is 0 Å². The van der Waals surface area contributed by atoms with Gasteiger partial charge in [0.15, 0.2) is 0 Å². The Labute approximate surface area is 353 Å². The van der Waals surface area contributed by atoms with Crippen LogP contribution in [-0.4, -0.2) is 4.57 Å². The predicted octanol–water partition coefficient (Wildman–Crippen LogP) is 16.3. The molecule has 0 radical (unpaired) electrons. The van der Waals surface area contributed by atoms with Crippen molar-refractivity contribution in [2.75, 3.05) is 4.90 Å². The van der Waals surface area contributed by atoms with Crippen LogP contribution >= 0.6 is 0 Å². The van der Waals surface area contributed by atoms with Gasteiger partial charge >= 0.3 is 0 Å². The molecular weight excluding hydrogens is 741 g/mol. The van der Waals surface area contributed by atoms with Gasteiger partial charge in [0, 0.05) is 44.0 Å². The lowest BCUT2D eigenvalue weighted by molar-refractivity contribution is 0.669. The molecule has 0 aliphatic rings. The Bertz CT molecular complexity index is 3530. The molecule has 0 amide bonds. The molecule has 2 heterocycles. The zero-order valence-electron chi connectivity index (χ0n) is 33.2. The van der Waals surface area contributed by atoms with Crippen molar-refractivity contribution in [1.82, 2.24) is 4.57 Å². The molecule has 2 aromatic heterocycles. The minimum absolute atomic E-state index is 0.871. The molecule has 0 aliphatic heterocycles. The van der Waals surface area contributed by atoms with Crippen molar-refractivity contribution in [3.8, 4) is 39.1 Å². The lowest BCUT2D eigenvalue weighted by Crippen LogP contribution is -2.11. The second-order valence-corrected chi connectivity index (χ2v) is 15.7. The highest BCUT2D eigenvalue weighted by Gasteiger charge is 2.22. The Morgan fingerprint density at radius 3 is 1.66 bits per heavy atom. The number of aromatic nitrogens is 1. The maximum Gasteiger partial charge on any atom is 0.135 e. The number of hydrogen-bond acceptors (Lipinski definition) is 2. The van der Waals surface area contributed by atoms with Crippen LogP contribution in [0.1, 0.15) is 0 Å². The van der Waals surface area contributed by atoms with Crippen molar-refractivity contribution in [3.63, 3.8) is 0 Å². The Kier molecular flexibility index (Phi) is 8.17. The summed E-state index contributed by atoms with van der Waals surface area (Å²) >= 11 is 0. The number of rotatable bonds is 7. The normalized spacial score (nSPS) is 11.6. The van der Waals surface area contributed by atoms with E-state index in [-0.39, 0.29) is 0 Å².